The standard InChI is InChI=1S/C21H22ClN3O2/c1-3-17-11-16-10-15(12-18(22)20(16)27-17)19-5-4-14(13-23-19)21(26)25-8-6-24(2)7-9-25/h4-5,10-13H,3,6-9H2,1-2H3. The van der Waals surface area contributed by atoms with E-state index in [1.807, 2.05) is 42.2 Å². The Bertz CT molecular complexity index is 973. The number of carbonyl (C=O) groups excluding carboxylic acids is 1. The molecule has 3 heterocycles. The second-order valence-electron chi connectivity index (χ2n) is 6.97. The van der Waals surface area contributed by atoms with E-state index in [4.69, 9.17) is 16.0 Å². The first-order chi connectivity index (χ1) is 13.0. The van der Waals surface area contributed by atoms with E-state index in [9.17, 15) is 4.79 Å². The average molecular weight is 384 g/mol. The number of furan rings is 1. The maximum atomic E-state index is 12.7. The van der Waals surface area contributed by atoms with Crippen LogP contribution in [0.4, 0.5) is 0 Å². The summed E-state index contributed by atoms with van der Waals surface area (Å²) >= 11 is 6.39. The number of pyridine rings is 1. The molecule has 3 aromatic rings. The van der Waals surface area contributed by atoms with Gasteiger partial charge in [0.05, 0.1) is 16.3 Å². The van der Waals surface area contributed by atoms with E-state index in [1.54, 1.807) is 6.20 Å². The van der Waals surface area contributed by atoms with Crippen LogP contribution in [0.1, 0.15) is 23.0 Å². The minimum absolute atomic E-state index is 0.0399. The number of fused-ring (bicyclic) bond motifs is 1. The minimum Gasteiger partial charge on any atom is -0.460 e. The summed E-state index contributed by atoms with van der Waals surface area (Å²) in [4.78, 5) is 21.3. The highest BCUT2D eigenvalue weighted by atomic mass is 35.5. The van der Waals surface area contributed by atoms with Crippen LogP contribution in [0.15, 0.2) is 40.9 Å². The van der Waals surface area contributed by atoms with Crippen LogP contribution in [0.2, 0.25) is 5.02 Å². The average Bonchev–Trinajstić information content (AvgIpc) is 3.12. The third-order valence-electron chi connectivity index (χ3n) is 5.07. The van der Waals surface area contributed by atoms with Gasteiger partial charge in [0.25, 0.3) is 5.91 Å². The van der Waals surface area contributed by atoms with Crippen LogP contribution >= 0.6 is 11.6 Å². The Morgan fingerprint density at radius 1 is 1.19 bits per heavy atom. The van der Waals surface area contributed by atoms with Gasteiger partial charge in [-0.3, -0.25) is 9.78 Å². The molecular formula is C21H22ClN3O2. The van der Waals surface area contributed by atoms with Crippen LogP contribution in [0.3, 0.4) is 0 Å². The molecule has 1 saturated heterocycles. The van der Waals surface area contributed by atoms with Gasteiger partial charge in [-0.05, 0) is 37.4 Å². The van der Waals surface area contributed by atoms with E-state index in [0.717, 1.165) is 55.0 Å². The highest BCUT2D eigenvalue weighted by Crippen LogP contribution is 2.32. The zero-order chi connectivity index (χ0) is 19.0. The number of likely N-dealkylation sites (N-methyl/N-ethyl adjacent to an activating group) is 1. The van der Waals surface area contributed by atoms with Crippen LogP contribution in [-0.4, -0.2) is 53.9 Å². The molecule has 0 unspecified atom stereocenters. The third kappa shape index (κ3) is 3.57. The number of amides is 1. The van der Waals surface area contributed by atoms with Crippen LogP contribution in [0.25, 0.3) is 22.2 Å². The van der Waals surface area contributed by atoms with Crippen molar-refractivity contribution in [3.05, 3.63) is 52.9 Å². The molecule has 0 saturated carbocycles. The predicted octanol–water partition coefficient (Wildman–Crippen LogP) is 4.10. The first-order valence-corrected chi connectivity index (χ1v) is 9.59. The molecule has 0 spiro atoms. The first-order valence-electron chi connectivity index (χ1n) is 9.21. The second kappa shape index (κ2) is 7.33. The van der Waals surface area contributed by atoms with Gasteiger partial charge >= 0.3 is 0 Å². The van der Waals surface area contributed by atoms with E-state index in [-0.39, 0.29) is 5.91 Å². The maximum Gasteiger partial charge on any atom is 0.255 e. The molecule has 0 aliphatic carbocycles. The Morgan fingerprint density at radius 3 is 2.63 bits per heavy atom. The number of carbonyl (C=O) groups is 1. The summed E-state index contributed by atoms with van der Waals surface area (Å²) in [5.74, 6) is 0.947. The zero-order valence-electron chi connectivity index (χ0n) is 15.5. The van der Waals surface area contributed by atoms with Crippen molar-refractivity contribution in [3.8, 4) is 11.3 Å². The summed E-state index contributed by atoms with van der Waals surface area (Å²) in [6, 6.07) is 9.61. The number of aryl methyl sites for hydroxylation is 1. The summed E-state index contributed by atoms with van der Waals surface area (Å²) in [6.45, 7) is 5.36. The van der Waals surface area contributed by atoms with E-state index in [2.05, 4.69) is 16.9 Å². The molecule has 0 N–H and O–H groups in total. The van der Waals surface area contributed by atoms with Crippen LogP contribution in [-0.2, 0) is 6.42 Å². The molecule has 1 aliphatic heterocycles. The van der Waals surface area contributed by atoms with E-state index < -0.39 is 0 Å². The highest BCUT2D eigenvalue weighted by Gasteiger charge is 2.20. The number of piperazine rings is 1. The van der Waals surface area contributed by atoms with E-state index in [0.29, 0.717) is 16.2 Å². The van der Waals surface area contributed by atoms with Crippen molar-refractivity contribution in [2.75, 3.05) is 33.2 Å². The molecule has 6 heteroatoms. The van der Waals surface area contributed by atoms with Crippen molar-refractivity contribution in [3.63, 3.8) is 0 Å². The fourth-order valence-corrected chi connectivity index (χ4v) is 3.63. The molecule has 4 rings (SSSR count). The number of benzene rings is 1. The lowest BCUT2D eigenvalue weighted by Crippen LogP contribution is -2.47. The lowest BCUT2D eigenvalue weighted by Gasteiger charge is -2.32. The van der Waals surface area contributed by atoms with Crippen molar-refractivity contribution < 1.29 is 9.21 Å². The summed E-state index contributed by atoms with van der Waals surface area (Å²) in [6.07, 6.45) is 2.47. The SMILES string of the molecule is CCc1cc2cc(-c3ccc(C(=O)N4CCN(C)CC4)cn3)cc(Cl)c2o1. The molecule has 0 atom stereocenters. The summed E-state index contributed by atoms with van der Waals surface area (Å²) in [7, 11) is 2.07. The highest BCUT2D eigenvalue weighted by molar-refractivity contribution is 6.35. The molecule has 0 bridgehead atoms. The van der Waals surface area contributed by atoms with Crippen molar-refractivity contribution in [2.45, 2.75) is 13.3 Å². The van der Waals surface area contributed by atoms with Gasteiger partial charge in [-0.15, -0.1) is 0 Å². The first kappa shape index (κ1) is 18.0. The molecule has 5 nitrogen and oxygen atoms in total. The monoisotopic (exact) mass is 383 g/mol. The van der Waals surface area contributed by atoms with Gasteiger partial charge in [0.1, 0.15) is 5.76 Å². The molecule has 1 fully saturated rings. The molecule has 0 radical (unpaired) electrons. The van der Waals surface area contributed by atoms with Crippen molar-refractivity contribution >= 4 is 28.5 Å². The Kier molecular flexibility index (Phi) is 4.89. The Balaban J connectivity index is 1.58. The summed E-state index contributed by atoms with van der Waals surface area (Å²) in [5.41, 5.74) is 3.02. The lowest BCUT2D eigenvalue weighted by atomic mass is 10.1. The lowest BCUT2D eigenvalue weighted by molar-refractivity contribution is 0.0663. The molecular weight excluding hydrogens is 362 g/mol. The van der Waals surface area contributed by atoms with Crippen LogP contribution in [0, 0.1) is 0 Å². The van der Waals surface area contributed by atoms with E-state index in [1.165, 1.54) is 0 Å². The zero-order valence-corrected chi connectivity index (χ0v) is 16.3. The summed E-state index contributed by atoms with van der Waals surface area (Å²) in [5, 5.41) is 1.54. The molecule has 27 heavy (non-hydrogen) atoms. The van der Waals surface area contributed by atoms with Gasteiger partial charge in [0.15, 0.2) is 5.58 Å². The number of nitrogens with zero attached hydrogens (tertiary/aromatic N) is 3. The molecule has 1 aromatic carbocycles. The van der Waals surface area contributed by atoms with Gasteiger partial charge in [-0.25, -0.2) is 0 Å². The Morgan fingerprint density at radius 2 is 1.96 bits per heavy atom. The minimum atomic E-state index is 0.0399. The van der Waals surface area contributed by atoms with Crippen molar-refractivity contribution in [1.29, 1.82) is 0 Å². The van der Waals surface area contributed by atoms with Crippen molar-refractivity contribution in [2.24, 2.45) is 0 Å². The number of halogens is 1. The molecule has 1 aliphatic rings. The van der Waals surface area contributed by atoms with Crippen LogP contribution < -0.4 is 0 Å². The second-order valence-corrected chi connectivity index (χ2v) is 7.38. The topological polar surface area (TPSA) is 49.6 Å². The van der Waals surface area contributed by atoms with Crippen LogP contribution in [0.5, 0.6) is 0 Å². The number of hydrogen-bond acceptors (Lipinski definition) is 4. The third-order valence-corrected chi connectivity index (χ3v) is 5.35. The van der Waals surface area contributed by atoms with E-state index >= 15 is 0 Å². The smallest absolute Gasteiger partial charge is 0.255 e. The molecule has 1 amide bonds. The number of rotatable bonds is 3. The Hall–Kier alpha value is -2.37. The molecule has 2 aromatic heterocycles. The quantitative estimate of drug-likeness (QED) is 0.683. The fraction of sp³-hybridized carbons (Fsp3) is 0.333. The fourth-order valence-electron chi connectivity index (χ4n) is 3.37. The van der Waals surface area contributed by atoms with Gasteiger partial charge in [-0.2, -0.15) is 0 Å². The van der Waals surface area contributed by atoms with Gasteiger partial charge in [0.2, 0.25) is 0 Å². The van der Waals surface area contributed by atoms with Gasteiger partial charge in [-0.1, -0.05) is 18.5 Å². The normalized spacial score (nSPS) is 15.4. The largest absolute Gasteiger partial charge is 0.460 e. The molecule has 140 valence electrons. The van der Waals surface area contributed by atoms with Gasteiger partial charge < -0.3 is 14.2 Å². The predicted molar refractivity (Wildman–Crippen MR) is 107 cm³/mol. The summed E-state index contributed by atoms with van der Waals surface area (Å²) < 4.78 is 5.76. The number of aromatic nitrogens is 1. The Labute approximate surface area is 163 Å². The van der Waals surface area contributed by atoms with Crippen molar-refractivity contribution in [1.82, 2.24) is 14.8 Å². The van der Waals surface area contributed by atoms with Gasteiger partial charge in [0, 0.05) is 49.7 Å². The number of hydrogen-bond donors (Lipinski definition) is 0. The maximum absolute atomic E-state index is 12.7.